The van der Waals surface area contributed by atoms with Crippen molar-refractivity contribution >= 4 is 21.8 Å². The molecule has 0 bridgehead atoms. The van der Waals surface area contributed by atoms with Gasteiger partial charge in [-0.05, 0) is 6.42 Å². The molecule has 0 aliphatic carbocycles. The summed E-state index contributed by atoms with van der Waals surface area (Å²) in [5.74, 6) is 0.210. The minimum atomic E-state index is -0.268. The molecule has 15 heavy (non-hydrogen) atoms. The molecule has 3 nitrogen and oxygen atoms in total. The lowest BCUT2D eigenvalue weighted by Crippen LogP contribution is -2.43. The SMILES string of the molecule is CCC(C)(C)C(=O)N(CCBr)CCOC. The van der Waals surface area contributed by atoms with Gasteiger partial charge in [0, 0.05) is 30.9 Å². The summed E-state index contributed by atoms with van der Waals surface area (Å²) in [5.41, 5.74) is -0.268. The van der Waals surface area contributed by atoms with Crippen LogP contribution in [-0.4, -0.2) is 42.9 Å². The van der Waals surface area contributed by atoms with Gasteiger partial charge in [-0.3, -0.25) is 4.79 Å². The maximum atomic E-state index is 12.1. The van der Waals surface area contributed by atoms with E-state index in [4.69, 9.17) is 4.74 Å². The molecule has 4 heteroatoms. The van der Waals surface area contributed by atoms with Crippen molar-refractivity contribution in [3.63, 3.8) is 0 Å². The zero-order chi connectivity index (χ0) is 11.9. The van der Waals surface area contributed by atoms with Gasteiger partial charge in [-0.15, -0.1) is 0 Å². The Morgan fingerprint density at radius 2 is 2.00 bits per heavy atom. The lowest BCUT2D eigenvalue weighted by molar-refractivity contribution is -0.140. The third-order valence-electron chi connectivity index (χ3n) is 2.67. The second-order valence-electron chi connectivity index (χ2n) is 4.21. The molecule has 0 aromatic carbocycles. The third-order valence-corrected chi connectivity index (χ3v) is 3.02. The Bertz CT molecular complexity index is 195. The number of rotatable bonds is 7. The average Bonchev–Trinajstić information content (AvgIpc) is 2.23. The number of methoxy groups -OCH3 is 1. The molecule has 0 saturated carbocycles. The minimum Gasteiger partial charge on any atom is -0.383 e. The smallest absolute Gasteiger partial charge is 0.228 e. The van der Waals surface area contributed by atoms with Gasteiger partial charge < -0.3 is 9.64 Å². The molecule has 0 rings (SSSR count). The molecule has 0 atom stereocenters. The number of carbonyl (C=O) groups excluding carboxylic acids is 1. The summed E-state index contributed by atoms with van der Waals surface area (Å²) < 4.78 is 5.01. The number of hydrogen-bond donors (Lipinski definition) is 0. The molecule has 0 aliphatic rings. The summed E-state index contributed by atoms with van der Waals surface area (Å²) in [7, 11) is 1.65. The van der Waals surface area contributed by atoms with Crippen molar-refractivity contribution in [1.82, 2.24) is 4.90 Å². The number of ether oxygens (including phenoxy) is 1. The predicted molar refractivity (Wildman–Crippen MR) is 66.3 cm³/mol. The van der Waals surface area contributed by atoms with E-state index in [9.17, 15) is 4.79 Å². The van der Waals surface area contributed by atoms with Gasteiger partial charge in [0.2, 0.25) is 5.91 Å². The highest BCUT2D eigenvalue weighted by atomic mass is 79.9. The van der Waals surface area contributed by atoms with E-state index in [1.165, 1.54) is 0 Å². The quantitative estimate of drug-likeness (QED) is 0.670. The topological polar surface area (TPSA) is 29.5 Å². The molecule has 0 heterocycles. The van der Waals surface area contributed by atoms with Gasteiger partial charge >= 0.3 is 0 Å². The van der Waals surface area contributed by atoms with Crippen LogP contribution in [0, 0.1) is 5.41 Å². The number of halogens is 1. The van der Waals surface area contributed by atoms with Crippen LogP contribution in [0.3, 0.4) is 0 Å². The Balaban J connectivity index is 4.40. The van der Waals surface area contributed by atoms with Gasteiger partial charge in [-0.1, -0.05) is 36.7 Å². The van der Waals surface area contributed by atoms with Gasteiger partial charge in [0.25, 0.3) is 0 Å². The molecule has 0 aromatic heterocycles. The Morgan fingerprint density at radius 3 is 2.40 bits per heavy atom. The third kappa shape index (κ3) is 4.98. The van der Waals surface area contributed by atoms with Gasteiger partial charge in [-0.25, -0.2) is 0 Å². The van der Waals surface area contributed by atoms with E-state index in [2.05, 4.69) is 15.9 Å². The fourth-order valence-corrected chi connectivity index (χ4v) is 1.63. The van der Waals surface area contributed by atoms with Gasteiger partial charge in [-0.2, -0.15) is 0 Å². The first-order chi connectivity index (χ1) is 6.99. The number of nitrogens with zero attached hydrogens (tertiary/aromatic N) is 1. The average molecular weight is 280 g/mol. The number of hydrogen-bond acceptors (Lipinski definition) is 2. The van der Waals surface area contributed by atoms with E-state index in [1.807, 2.05) is 25.7 Å². The van der Waals surface area contributed by atoms with Crippen LogP contribution in [0.1, 0.15) is 27.2 Å². The Morgan fingerprint density at radius 1 is 1.40 bits per heavy atom. The predicted octanol–water partition coefficient (Wildman–Crippen LogP) is 2.29. The lowest BCUT2D eigenvalue weighted by Gasteiger charge is -2.30. The maximum absolute atomic E-state index is 12.1. The van der Waals surface area contributed by atoms with Crippen molar-refractivity contribution in [2.24, 2.45) is 5.41 Å². The normalized spacial score (nSPS) is 11.5. The molecule has 1 amide bonds. The molecule has 0 saturated heterocycles. The van der Waals surface area contributed by atoms with Crippen LogP contribution >= 0.6 is 15.9 Å². The Labute approximate surface area is 101 Å². The number of amides is 1. The molecule has 0 aromatic rings. The summed E-state index contributed by atoms with van der Waals surface area (Å²) in [6, 6.07) is 0. The Kier molecular flexibility index (Phi) is 7.18. The first kappa shape index (κ1) is 14.9. The summed E-state index contributed by atoms with van der Waals surface area (Å²) in [6.45, 7) is 8.03. The fraction of sp³-hybridized carbons (Fsp3) is 0.909. The van der Waals surface area contributed by atoms with E-state index in [0.29, 0.717) is 13.2 Å². The van der Waals surface area contributed by atoms with Crippen LogP contribution in [-0.2, 0) is 9.53 Å². The zero-order valence-corrected chi connectivity index (χ0v) is 11.8. The molecule has 0 unspecified atom stereocenters. The van der Waals surface area contributed by atoms with Gasteiger partial charge in [0.05, 0.1) is 6.61 Å². The Hall–Kier alpha value is -0.0900. The van der Waals surface area contributed by atoms with Crippen LogP contribution in [0.2, 0.25) is 0 Å². The minimum absolute atomic E-state index is 0.210. The molecular formula is C11H22BrNO2. The molecule has 0 aliphatic heterocycles. The number of alkyl halides is 1. The highest BCUT2D eigenvalue weighted by Gasteiger charge is 2.29. The summed E-state index contributed by atoms with van der Waals surface area (Å²) >= 11 is 3.36. The fourth-order valence-electron chi connectivity index (χ4n) is 1.20. The molecule has 0 radical (unpaired) electrons. The summed E-state index contributed by atoms with van der Waals surface area (Å²) in [5, 5.41) is 0.808. The van der Waals surface area contributed by atoms with Crippen molar-refractivity contribution in [2.75, 3.05) is 32.1 Å². The van der Waals surface area contributed by atoms with E-state index in [1.54, 1.807) is 7.11 Å². The van der Waals surface area contributed by atoms with Gasteiger partial charge in [0.15, 0.2) is 0 Å². The van der Waals surface area contributed by atoms with Crippen LogP contribution in [0.25, 0.3) is 0 Å². The van der Waals surface area contributed by atoms with Crippen LogP contribution in [0.5, 0.6) is 0 Å². The molecule has 0 fully saturated rings. The van der Waals surface area contributed by atoms with Crippen molar-refractivity contribution < 1.29 is 9.53 Å². The van der Waals surface area contributed by atoms with Crippen molar-refractivity contribution in [3.8, 4) is 0 Å². The van der Waals surface area contributed by atoms with E-state index >= 15 is 0 Å². The highest BCUT2D eigenvalue weighted by Crippen LogP contribution is 2.22. The van der Waals surface area contributed by atoms with Crippen LogP contribution < -0.4 is 0 Å². The number of carbonyl (C=O) groups is 1. The highest BCUT2D eigenvalue weighted by molar-refractivity contribution is 9.09. The zero-order valence-electron chi connectivity index (χ0n) is 10.2. The molecule has 0 spiro atoms. The standard InChI is InChI=1S/C11H22BrNO2/c1-5-11(2,3)10(14)13(7-6-12)8-9-15-4/h5-9H2,1-4H3. The van der Waals surface area contributed by atoms with Crippen LogP contribution in [0.4, 0.5) is 0 Å². The molecule has 0 N–H and O–H groups in total. The second kappa shape index (κ2) is 7.23. The van der Waals surface area contributed by atoms with E-state index < -0.39 is 0 Å². The molecule has 90 valence electrons. The summed E-state index contributed by atoms with van der Waals surface area (Å²) in [4.78, 5) is 14.0. The van der Waals surface area contributed by atoms with Crippen LogP contribution in [0.15, 0.2) is 0 Å². The lowest BCUT2D eigenvalue weighted by atomic mass is 9.88. The van der Waals surface area contributed by atoms with E-state index in [-0.39, 0.29) is 11.3 Å². The largest absolute Gasteiger partial charge is 0.383 e. The first-order valence-electron chi connectivity index (χ1n) is 5.34. The summed E-state index contributed by atoms with van der Waals surface area (Å²) in [6.07, 6.45) is 0.859. The van der Waals surface area contributed by atoms with Crippen molar-refractivity contribution in [3.05, 3.63) is 0 Å². The molecular weight excluding hydrogens is 258 g/mol. The maximum Gasteiger partial charge on any atom is 0.228 e. The van der Waals surface area contributed by atoms with Crippen molar-refractivity contribution in [1.29, 1.82) is 0 Å². The van der Waals surface area contributed by atoms with Crippen molar-refractivity contribution in [2.45, 2.75) is 27.2 Å². The monoisotopic (exact) mass is 279 g/mol. The van der Waals surface area contributed by atoms with Gasteiger partial charge in [0.1, 0.15) is 0 Å². The van der Waals surface area contributed by atoms with E-state index in [0.717, 1.165) is 18.3 Å². The second-order valence-corrected chi connectivity index (χ2v) is 5.00. The first-order valence-corrected chi connectivity index (χ1v) is 6.46.